The zero-order chi connectivity index (χ0) is 10.7. The van der Waals surface area contributed by atoms with E-state index in [0.29, 0.717) is 0 Å². The number of aromatic hydroxyl groups is 1. The Morgan fingerprint density at radius 1 is 1.57 bits per heavy atom. The summed E-state index contributed by atoms with van der Waals surface area (Å²) in [6.45, 7) is 0.116. The molecule has 1 atom stereocenters. The van der Waals surface area contributed by atoms with Gasteiger partial charge in [0.25, 0.3) is 5.56 Å². The number of nitrogens with one attached hydrogen (secondary N) is 1. The van der Waals surface area contributed by atoms with E-state index in [1.54, 1.807) is 0 Å². The molecule has 2 N–H and O–H groups in total. The van der Waals surface area contributed by atoms with Crippen molar-refractivity contribution in [2.45, 2.75) is 6.54 Å². The SMILES string of the molecule is CS(=O)CCn1c(O)cc(=O)[nH]c1=O. The number of aromatic nitrogens is 2. The molecule has 0 aliphatic heterocycles. The average molecular weight is 218 g/mol. The minimum Gasteiger partial charge on any atom is -0.494 e. The molecule has 0 amide bonds. The lowest BCUT2D eigenvalue weighted by Gasteiger charge is -2.04. The zero-order valence-electron chi connectivity index (χ0n) is 7.52. The van der Waals surface area contributed by atoms with E-state index in [9.17, 15) is 18.9 Å². The normalized spacial score (nSPS) is 12.6. The van der Waals surface area contributed by atoms with Crippen molar-refractivity contribution in [3.63, 3.8) is 0 Å². The Morgan fingerprint density at radius 2 is 2.21 bits per heavy atom. The number of rotatable bonds is 3. The average Bonchev–Trinajstić information content (AvgIpc) is 2.01. The van der Waals surface area contributed by atoms with Crippen LogP contribution in [0.4, 0.5) is 0 Å². The molecular formula is C7H10N2O4S. The summed E-state index contributed by atoms with van der Waals surface area (Å²) in [6, 6.07) is 0.903. The monoisotopic (exact) mass is 218 g/mol. The third kappa shape index (κ3) is 2.56. The first kappa shape index (κ1) is 10.7. The molecule has 0 bridgehead atoms. The minimum absolute atomic E-state index is 0.116. The van der Waals surface area contributed by atoms with E-state index < -0.39 is 27.9 Å². The molecule has 1 unspecified atom stereocenters. The maximum Gasteiger partial charge on any atom is 0.331 e. The Morgan fingerprint density at radius 3 is 2.71 bits per heavy atom. The van der Waals surface area contributed by atoms with Gasteiger partial charge in [-0.15, -0.1) is 0 Å². The Labute approximate surface area is 81.7 Å². The van der Waals surface area contributed by atoms with Gasteiger partial charge in [0, 0.05) is 29.4 Å². The van der Waals surface area contributed by atoms with Gasteiger partial charge in [0.2, 0.25) is 5.88 Å². The van der Waals surface area contributed by atoms with E-state index in [2.05, 4.69) is 0 Å². The van der Waals surface area contributed by atoms with Crippen LogP contribution in [0.5, 0.6) is 5.88 Å². The first-order chi connectivity index (χ1) is 6.50. The summed E-state index contributed by atoms with van der Waals surface area (Å²) in [5.74, 6) is -0.163. The third-order valence-corrected chi connectivity index (χ3v) is 2.37. The van der Waals surface area contributed by atoms with Gasteiger partial charge in [0.15, 0.2) is 0 Å². The Bertz CT molecular complexity index is 461. The summed E-state index contributed by atoms with van der Waals surface area (Å²) in [7, 11) is -1.05. The maximum atomic E-state index is 11.1. The fourth-order valence-corrected chi connectivity index (χ4v) is 1.38. The topological polar surface area (TPSA) is 92.2 Å². The van der Waals surface area contributed by atoms with Crippen LogP contribution in [0, 0.1) is 0 Å². The van der Waals surface area contributed by atoms with E-state index in [-0.39, 0.29) is 12.3 Å². The van der Waals surface area contributed by atoms with Crippen LogP contribution >= 0.6 is 0 Å². The molecule has 0 aliphatic carbocycles. The summed E-state index contributed by atoms with van der Waals surface area (Å²) in [5, 5.41) is 9.23. The summed E-state index contributed by atoms with van der Waals surface area (Å²) >= 11 is 0. The standard InChI is InChI=1S/C7H10N2O4S/c1-14(13)3-2-9-6(11)4-5(10)8-7(9)12/h4,11H,2-3H2,1H3,(H,8,10,12). The van der Waals surface area contributed by atoms with Crippen molar-refractivity contribution >= 4 is 10.8 Å². The lowest BCUT2D eigenvalue weighted by Crippen LogP contribution is -2.30. The molecule has 1 aromatic heterocycles. The van der Waals surface area contributed by atoms with Gasteiger partial charge < -0.3 is 5.11 Å². The van der Waals surface area contributed by atoms with Crippen molar-refractivity contribution in [1.29, 1.82) is 0 Å². The van der Waals surface area contributed by atoms with E-state index in [0.717, 1.165) is 10.6 Å². The molecular weight excluding hydrogens is 208 g/mol. The number of hydrogen-bond acceptors (Lipinski definition) is 4. The molecule has 0 spiro atoms. The van der Waals surface area contributed by atoms with Crippen molar-refractivity contribution in [2.75, 3.05) is 12.0 Å². The Hall–Kier alpha value is -1.37. The van der Waals surface area contributed by atoms with Gasteiger partial charge in [-0.1, -0.05) is 0 Å². The minimum atomic E-state index is -1.05. The molecule has 78 valence electrons. The quantitative estimate of drug-likeness (QED) is 0.654. The van der Waals surface area contributed by atoms with E-state index in [1.165, 1.54) is 6.26 Å². The highest BCUT2D eigenvalue weighted by Gasteiger charge is 2.04. The van der Waals surface area contributed by atoms with Crippen molar-refractivity contribution in [1.82, 2.24) is 9.55 Å². The van der Waals surface area contributed by atoms with Gasteiger partial charge in [0.1, 0.15) is 0 Å². The molecule has 0 radical (unpaired) electrons. The lowest BCUT2D eigenvalue weighted by atomic mass is 10.5. The molecule has 0 aromatic carbocycles. The molecule has 0 fully saturated rings. The Kier molecular flexibility index (Phi) is 3.23. The number of H-pyrrole nitrogens is 1. The molecule has 1 heterocycles. The van der Waals surface area contributed by atoms with Crippen LogP contribution in [0.2, 0.25) is 0 Å². The summed E-state index contributed by atoms with van der Waals surface area (Å²) in [4.78, 5) is 23.8. The number of aromatic amines is 1. The van der Waals surface area contributed by atoms with Crippen molar-refractivity contribution in [3.8, 4) is 5.88 Å². The molecule has 0 saturated carbocycles. The van der Waals surface area contributed by atoms with E-state index in [4.69, 9.17) is 0 Å². The first-order valence-corrected chi connectivity index (χ1v) is 5.56. The van der Waals surface area contributed by atoms with Gasteiger partial charge in [-0.25, -0.2) is 4.79 Å². The molecule has 1 rings (SSSR count). The highest BCUT2D eigenvalue weighted by Crippen LogP contribution is 1.99. The van der Waals surface area contributed by atoms with Crippen LogP contribution < -0.4 is 11.2 Å². The smallest absolute Gasteiger partial charge is 0.331 e. The second-order valence-electron chi connectivity index (χ2n) is 2.73. The molecule has 0 aliphatic rings. The van der Waals surface area contributed by atoms with Crippen molar-refractivity contribution in [2.24, 2.45) is 0 Å². The largest absolute Gasteiger partial charge is 0.494 e. The van der Waals surface area contributed by atoms with E-state index >= 15 is 0 Å². The number of hydrogen-bond donors (Lipinski definition) is 2. The number of nitrogens with zero attached hydrogens (tertiary/aromatic N) is 1. The maximum absolute atomic E-state index is 11.1. The molecule has 14 heavy (non-hydrogen) atoms. The summed E-state index contributed by atoms with van der Waals surface area (Å²) in [5.41, 5.74) is -1.35. The fourth-order valence-electron chi connectivity index (χ4n) is 0.944. The van der Waals surface area contributed by atoms with Crippen LogP contribution in [-0.2, 0) is 17.3 Å². The van der Waals surface area contributed by atoms with Gasteiger partial charge in [-0.05, 0) is 0 Å². The van der Waals surface area contributed by atoms with Crippen LogP contribution in [0.15, 0.2) is 15.7 Å². The highest BCUT2D eigenvalue weighted by molar-refractivity contribution is 7.84. The third-order valence-electron chi connectivity index (χ3n) is 1.61. The molecule has 0 saturated heterocycles. The van der Waals surface area contributed by atoms with Gasteiger partial charge in [-0.2, -0.15) is 0 Å². The molecule has 7 heteroatoms. The van der Waals surface area contributed by atoms with Gasteiger partial charge in [-0.3, -0.25) is 18.6 Å². The predicted molar refractivity (Wildman–Crippen MR) is 51.9 cm³/mol. The lowest BCUT2D eigenvalue weighted by molar-refractivity contribution is 0.406. The van der Waals surface area contributed by atoms with Gasteiger partial charge >= 0.3 is 5.69 Å². The van der Waals surface area contributed by atoms with Crippen LogP contribution in [-0.4, -0.2) is 30.9 Å². The fraction of sp³-hybridized carbons (Fsp3) is 0.429. The van der Waals surface area contributed by atoms with Crippen molar-refractivity contribution < 1.29 is 9.32 Å². The first-order valence-electron chi connectivity index (χ1n) is 3.84. The predicted octanol–water partition coefficient (Wildman–Crippen LogP) is -1.38. The summed E-state index contributed by atoms with van der Waals surface area (Å²) in [6.07, 6.45) is 1.49. The highest BCUT2D eigenvalue weighted by atomic mass is 32.2. The van der Waals surface area contributed by atoms with Crippen LogP contribution in [0.1, 0.15) is 0 Å². The van der Waals surface area contributed by atoms with Gasteiger partial charge in [0.05, 0.1) is 6.07 Å². The molecule has 6 nitrogen and oxygen atoms in total. The van der Waals surface area contributed by atoms with Crippen LogP contribution in [0.3, 0.4) is 0 Å². The second-order valence-corrected chi connectivity index (χ2v) is 4.28. The molecule has 1 aromatic rings. The second kappa shape index (κ2) is 4.23. The summed E-state index contributed by atoms with van der Waals surface area (Å²) < 4.78 is 11.7. The van der Waals surface area contributed by atoms with E-state index in [1.807, 2.05) is 4.98 Å². The van der Waals surface area contributed by atoms with Crippen LogP contribution in [0.25, 0.3) is 0 Å². The Balaban J connectivity index is 3.03. The zero-order valence-corrected chi connectivity index (χ0v) is 8.34. The van der Waals surface area contributed by atoms with Crippen molar-refractivity contribution in [3.05, 3.63) is 26.9 Å².